The summed E-state index contributed by atoms with van der Waals surface area (Å²) in [6, 6.07) is 4.42. The fourth-order valence-electron chi connectivity index (χ4n) is 1.77. The lowest BCUT2D eigenvalue weighted by atomic mass is 10.1. The Morgan fingerprint density at radius 1 is 1.38 bits per heavy atom. The zero-order valence-electron chi connectivity index (χ0n) is 10.4. The standard InChI is InChI=1S/C13H20ClNO/c1-9(2)15-6-5-11-8-12(14)7-10(3)13(11)16-4/h7-9,15H,5-6H2,1-4H3. The first-order valence-electron chi connectivity index (χ1n) is 5.61. The average molecular weight is 242 g/mol. The van der Waals surface area contributed by atoms with Gasteiger partial charge < -0.3 is 10.1 Å². The zero-order valence-corrected chi connectivity index (χ0v) is 11.2. The Kier molecular flexibility index (Phi) is 5.10. The number of aryl methyl sites for hydroxylation is 1. The van der Waals surface area contributed by atoms with E-state index in [1.807, 2.05) is 19.1 Å². The SMILES string of the molecule is COc1c(C)cc(Cl)cc1CCNC(C)C. The Labute approximate surface area is 103 Å². The molecule has 0 fully saturated rings. The van der Waals surface area contributed by atoms with Gasteiger partial charge in [-0.15, -0.1) is 0 Å². The number of hydrogen-bond donors (Lipinski definition) is 1. The second kappa shape index (κ2) is 6.12. The molecule has 0 heterocycles. The molecular formula is C13H20ClNO. The molecule has 0 aliphatic heterocycles. The minimum atomic E-state index is 0.506. The van der Waals surface area contributed by atoms with Crippen molar-refractivity contribution >= 4 is 11.6 Å². The number of nitrogens with one attached hydrogen (secondary N) is 1. The summed E-state index contributed by atoms with van der Waals surface area (Å²) < 4.78 is 5.40. The third-order valence-corrected chi connectivity index (χ3v) is 2.69. The number of ether oxygens (including phenoxy) is 1. The number of halogens is 1. The van der Waals surface area contributed by atoms with Gasteiger partial charge in [0.15, 0.2) is 0 Å². The highest BCUT2D eigenvalue weighted by molar-refractivity contribution is 6.30. The second-order valence-electron chi connectivity index (χ2n) is 4.27. The minimum absolute atomic E-state index is 0.506. The van der Waals surface area contributed by atoms with Gasteiger partial charge in [-0.1, -0.05) is 25.4 Å². The molecule has 1 rings (SSSR count). The largest absolute Gasteiger partial charge is 0.496 e. The van der Waals surface area contributed by atoms with Gasteiger partial charge in [0.2, 0.25) is 0 Å². The molecule has 0 radical (unpaired) electrons. The summed E-state index contributed by atoms with van der Waals surface area (Å²) in [7, 11) is 1.70. The van der Waals surface area contributed by atoms with Gasteiger partial charge in [-0.05, 0) is 43.1 Å². The first-order chi connectivity index (χ1) is 7.54. The van der Waals surface area contributed by atoms with Crippen molar-refractivity contribution in [2.24, 2.45) is 0 Å². The lowest BCUT2D eigenvalue weighted by Crippen LogP contribution is -2.25. The van der Waals surface area contributed by atoms with Crippen molar-refractivity contribution in [1.82, 2.24) is 5.32 Å². The summed E-state index contributed by atoms with van der Waals surface area (Å²) in [6.45, 7) is 7.23. The second-order valence-corrected chi connectivity index (χ2v) is 4.71. The van der Waals surface area contributed by atoms with Crippen LogP contribution >= 0.6 is 11.6 Å². The van der Waals surface area contributed by atoms with E-state index in [2.05, 4.69) is 19.2 Å². The van der Waals surface area contributed by atoms with Crippen LogP contribution in [0.1, 0.15) is 25.0 Å². The molecule has 1 aromatic carbocycles. The lowest BCUT2D eigenvalue weighted by molar-refractivity contribution is 0.405. The van der Waals surface area contributed by atoms with Crippen molar-refractivity contribution in [3.05, 3.63) is 28.3 Å². The molecule has 3 heteroatoms. The third-order valence-electron chi connectivity index (χ3n) is 2.47. The fourth-order valence-corrected chi connectivity index (χ4v) is 2.07. The van der Waals surface area contributed by atoms with Crippen LogP contribution in [-0.4, -0.2) is 19.7 Å². The Bertz CT molecular complexity index is 350. The maximum absolute atomic E-state index is 6.04. The van der Waals surface area contributed by atoms with E-state index >= 15 is 0 Å². The summed E-state index contributed by atoms with van der Waals surface area (Å²) in [5.74, 6) is 0.954. The molecule has 0 unspecified atom stereocenters. The lowest BCUT2D eigenvalue weighted by Gasteiger charge is -2.13. The highest BCUT2D eigenvalue weighted by Crippen LogP contribution is 2.27. The summed E-state index contributed by atoms with van der Waals surface area (Å²) in [5, 5.41) is 4.16. The number of rotatable bonds is 5. The Balaban J connectivity index is 2.77. The first-order valence-corrected chi connectivity index (χ1v) is 5.98. The average Bonchev–Trinajstić information content (AvgIpc) is 2.16. The van der Waals surface area contributed by atoms with E-state index in [0.29, 0.717) is 6.04 Å². The molecule has 0 amide bonds. The third kappa shape index (κ3) is 3.69. The van der Waals surface area contributed by atoms with Crippen molar-refractivity contribution in [3.8, 4) is 5.75 Å². The summed E-state index contributed by atoms with van der Waals surface area (Å²) in [6.07, 6.45) is 0.933. The normalized spacial score (nSPS) is 10.9. The molecule has 90 valence electrons. The van der Waals surface area contributed by atoms with Gasteiger partial charge >= 0.3 is 0 Å². The molecule has 0 bridgehead atoms. The van der Waals surface area contributed by atoms with Gasteiger partial charge in [0.1, 0.15) is 5.75 Å². The van der Waals surface area contributed by atoms with Gasteiger partial charge in [0.25, 0.3) is 0 Å². The highest BCUT2D eigenvalue weighted by Gasteiger charge is 2.08. The van der Waals surface area contributed by atoms with Crippen molar-refractivity contribution < 1.29 is 4.74 Å². The Morgan fingerprint density at radius 3 is 2.62 bits per heavy atom. The van der Waals surface area contributed by atoms with Gasteiger partial charge in [0, 0.05) is 11.1 Å². The Morgan fingerprint density at radius 2 is 2.06 bits per heavy atom. The van der Waals surface area contributed by atoms with E-state index in [4.69, 9.17) is 16.3 Å². The molecule has 0 saturated carbocycles. The van der Waals surface area contributed by atoms with E-state index in [9.17, 15) is 0 Å². The van der Waals surface area contributed by atoms with E-state index in [0.717, 1.165) is 29.3 Å². The maximum Gasteiger partial charge on any atom is 0.125 e. The zero-order chi connectivity index (χ0) is 12.1. The molecule has 1 aromatic rings. The van der Waals surface area contributed by atoms with Crippen molar-refractivity contribution in [2.75, 3.05) is 13.7 Å². The molecule has 0 spiro atoms. The van der Waals surface area contributed by atoms with Gasteiger partial charge in [-0.2, -0.15) is 0 Å². The summed E-state index contributed by atoms with van der Waals surface area (Å²) in [5.41, 5.74) is 2.26. The highest BCUT2D eigenvalue weighted by atomic mass is 35.5. The topological polar surface area (TPSA) is 21.3 Å². The minimum Gasteiger partial charge on any atom is -0.496 e. The van der Waals surface area contributed by atoms with Crippen LogP contribution in [-0.2, 0) is 6.42 Å². The van der Waals surface area contributed by atoms with E-state index in [1.54, 1.807) is 7.11 Å². The smallest absolute Gasteiger partial charge is 0.125 e. The van der Waals surface area contributed by atoms with Crippen LogP contribution in [0, 0.1) is 6.92 Å². The van der Waals surface area contributed by atoms with Gasteiger partial charge in [0.05, 0.1) is 7.11 Å². The van der Waals surface area contributed by atoms with E-state index < -0.39 is 0 Å². The van der Waals surface area contributed by atoms with Crippen LogP contribution in [0.2, 0.25) is 5.02 Å². The van der Waals surface area contributed by atoms with Crippen LogP contribution in [0.5, 0.6) is 5.75 Å². The van der Waals surface area contributed by atoms with Crippen molar-refractivity contribution in [2.45, 2.75) is 33.2 Å². The van der Waals surface area contributed by atoms with Crippen LogP contribution in [0.15, 0.2) is 12.1 Å². The summed E-state index contributed by atoms with van der Waals surface area (Å²) in [4.78, 5) is 0. The maximum atomic E-state index is 6.04. The summed E-state index contributed by atoms with van der Waals surface area (Å²) >= 11 is 6.04. The monoisotopic (exact) mass is 241 g/mol. The molecule has 2 nitrogen and oxygen atoms in total. The fraction of sp³-hybridized carbons (Fsp3) is 0.538. The van der Waals surface area contributed by atoms with Crippen molar-refractivity contribution in [1.29, 1.82) is 0 Å². The number of methoxy groups -OCH3 is 1. The molecule has 0 aliphatic carbocycles. The van der Waals surface area contributed by atoms with Crippen LogP contribution in [0.25, 0.3) is 0 Å². The molecule has 1 N–H and O–H groups in total. The molecular weight excluding hydrogens is 222 g/mol. The van der Waals surface area contributed by atoms with Gasteiger partial charge in [-0.3, -0.25) is 0 Å². The predicted molar refractivity (Wildman–Crippen MR) is 69.6 cm³/mol. The number of hydrogen-bond acceptors (Lipinski definition) is 2. The molecule has 0 aromatic heterocycles. The molecule has 16 heavy (non-hydrogen) atoms. The van der Waals surface area contributed by atoms with E-state index in [-0.39, 0.29) is 0 Å². The van der Waals surface area contributed by atoms with Crippen LogP contribution in [0.3, 0.4) is 0 Å². The molecule has 0 saturated heterocycles. The van der Waals surface area contributed by atoms with Gasteiger partial charge in [-0.25, -0.2) is 0 Å². The Hall–Kier alpha value is -0.730. The van der Waals surface area contributed by atoms with Crippen LogP contribution in [0.4, 0.5) is 0 Å². The molecule has 0 aliphatic rings. The van der Waals surface area contributed by atoms with Crippen molar-refractivity contribution in [3.63, 3.8) is 0 Å². The van der Waals surface area contributed by atoms with E-state index in [1.165, 1.54) is 5.56 Å². The van der Waals surface area contributed by atoms with Crippen LogP contribution < -0.4 is 10.1 Å². The molecule has 0 atom stereocenters. The first kappa shape index (κ1) is 13.3. The number of benzene rings is 1. The predicted octanol–water partition coefficient (Wildman–Crippen LogP) is 3.20. The quantitative estimate of drug-likeness (QED) is 0.855.